The summed E-state index contributed by atoms with van der Waals surface area (Å²) in [5.41, 5.74) is 5.76. The Morgan fingerprint density at radius 1 is 1.21 bits per heavy atom. The molecule has 0 radical (unpaired) electrons. The lowest BCUT2D eigenvalue weighted by atomic mass is 10.1. The smallest absolute Gasteiger partial charge is 0.330 e. The van der Waals surface area contributed by atoms with Crippen LogP contribution < -0.4 is 21.9 Å². The number of hydrogen-bond acceptors (Lipinski definition) is 4. The summed E-state index contributed by atoms with van der Waals surface area (Å²) in [6, 6.07) is 0. The van der Waals surface area contributed by atoms with Gasteiger partial charge in [0.1, 0.15) is 11.5 Å². The highest BCUT2D eigenvalue weighted by Crippen LogP contribution is 2.21. The summed E-state index contributed by atoms with van der Waals surface area (Å²) < 4.78 is 1.48. The predicted octanol–water partition coefficient (Wildman–Crippen LogP) is 0.909. The summed E-state index contributed by atoms with van der Waals surface area (Å²) in [7, 11) is 0. The highest BCUT2D eigenvalue weighted by Gasteiger charge is 2.20. The summed E-state index contributed by atoms with van der Waals surface area (Å²) in [6.45, 7) is 4.27. The van der Waals surface area contributed by atoms with Gasteiger partial charge in [0, 0.05) is 19.6 Å². The van der Waals surface area contributed by atoms with Crippen LogP contribution in [0, 0.1) is 0 Å². The summed E-state index contributed by atoms with van der Waals surface area (Å²) in [5, 5.41) is 0. The Morgan fingerprint density at radius 3 is 2.53 bits per heavy atom. The third kappa shape index (κ3) is 2.83. The predicted molar refractivity (Wildman–Crippen MR) is 76.7 cm³/mol. The highest BCUT2D eigenvalue weighted by molar-refractivity contribution is 5.62. The number of nitrogen functional groups attached to an aromatic ring is 1. The van der Waals surface area contributed by atoms with E-state index in [1.54, 1.807) is 0 Å². The molecule has 1 saturated heterocycles. The SMILES string of the molecule is CCCCn1c(N)c(N2CCCCC2)c(=O)[nH]c1=O. The molecule has 0 aromatic carbocycles. The minimum Gasteiger partial charge on any atom is -0.383 e. The number of nitrogens with two attached hydrogens (primary N) is 1. The minimum absolute atomic E-state index is 0.309. The van der Waals surface area contributed by atoms with Crippen molar-refractivity contribution in [1.29, 1.82) is 0 Å². The van der Waals surface area contributed by atoms with E-state index in [9.17, 15) is 9.59 Å². The van der Waals surface area contributed by atoms with E-state index in [0.29, 0.717) is 18.1 Å². The van der Waals surface area contributed by atoms with Gasteiger partial charge in [0.15, 0.2) is 0 Å². The Hall–Kier alpha value is -1.72. The molecule has 0 aliphatic carbocycles. The van der Waals surface area contributed by atoms with Crippen LogP contribution in [0.25, 0.3) is 0 Å². The minimum atomic E-state index is -0.406. The summed E-state index contributed by atoms with van der Waals surface area (Å²) in [5.74, 6) is 0.309. The fourth-order valence-corrected chi connectivity index (χ4v) is 2.54. The van der Waals surface area contributed by atoms with Crippen molar-refractivity contribution >= 4 is 11.5 Å². The molecular formula is C13H22N4O2. The van der Waals surface area contributed by atoms with E-state index in [0.717, 1.165) is 38.8 Å². The van der Waals surface area contributed by atoms with E-state index in [1.165, 1.54) is 11.0 Å². The Morgan fingerprint density at radius 2 is 1.89 bits per heavy atom. The standard InChI is InChI=1S/C13H22N4O2/c1-2-3-9-17-11(14)10(12(18)15-13(17)19)16-7-5-4-6-8-16/h2-9,14H2,1H3,(H,15,18,19). The Kier molecular flexibility index (Phi) is 4.29. The first kappa shape index (κ1) is 13.7. The van der Waals surface area contributed by atoms with Crippen LogP contribution in [0.15, 0.2) is 9.59 Å². The van der Waals surface area contributed by atoms with E-state index in [4.69, 9.17) is 5.73 Å². The molecule has 0 atom stereocenters. The molecule has 1 aromatic heterocycles. The quantitative estimate of drug-likeness (QED) is 0.848. The van der Waals surface area contributed by atoms with Gasteiger partial charge in [0.05, 0.1) is 0 Å². The van der Waals surface area contributed by atoms with Crippen molar-refractivity contribution < 1.29 is 0 Å². The second kappa shape index (κ2) is 5.95. The van der Waals surface area contributed by atoms with Crippen molar-refractivity contribution in [2.75, 3.05) is 23.7 Å². The average molecular weight is 266 g/mol. The van der Waals surface area contributed by atoms with Crippen molar-refractivity contribution in [2.24, 2.45) is 0 Å². The molecule has 1 fully saturated rings. The topological polar surface area (TPSA) is 84.1 Å². The zero-order valence-corrected chi connectivity index (χ0v) is 11.4. The molecule has 2 heterocycles. The molecule has 1 aromatic rings. The first-order valence-corrected chi connectivity index (χ1v) is 7.02. The zero-order chi connectivity index (χ0) is 13.8. The van der Waals surface area contributed by atoms with Crippen molar-refractivity contribution in [1.82, 2.24) is 9.55 Å². The molecule has 19 heavy (non-hydrogen) atoms. The van der Waals surface area contributed by atoms with Gasteiger partial charge in [-0.3, -0.25) is 14.3 Å². The van der Waals surface area contributed by atoms with Crippen LogP contribution in [0.3, 0.4) is 0 Å². The molecule has 3 N–H and O–H groups in total. The Bertz CT molecular complexity index is 541. The first-order valence-electron chi connectivity index (χ1n) is 7.02. The van der Waals surface area contributed by atoms with Gasteiger partial charge in [-0.1, -0.05) is 13.3 Å². The zero-order valence-electron chi connectivity index (χ0n) is 11.4. The van der Waals surface area contributed by atoms with Gasteiger partial charge in [-0.15, -0.1) is 0 Å². The molecule has 0 bridgehead atoms. The van der Waals surface area contributed by atoms with E-state index >= 15 is 0 Å². The summed E-state index contributed by atoms with van der Waals surface area (Å²) in [6.07, 6.45) is 5.16. The van der Waals surface area contributed by atoms with Crippen LogP contribution in [0.4, 0.5) is 11.5 Å². The lowest BCUT2D eigenvalue weighted by Crippen LogP contribution is -2.40. The van der Waals surface area contributed by atoms with E-state index in [1.807, 2.05) is 4.90 Å². The molecule has 6 nitrogen and oxygen atoms in total. The first-order chi connectivity index (χ1) is 9.15. The van der Waals surface area contributed by atoms with Crippen LogP contribution in [-0.2, 0) is 6.54 Å². The van der Waals surface area contributed by atoms with E-state index in [-0.39, 0.29) is 5.56 Å². The molecule has 1 aliphatic heterocycles. The Balaban J connectivity index is 2.42. The van der Waals surface area contributed by atoms with Crippen LogP contribution in [-0.4, -0.2) is 22.6 Å². The van der Waals surface area contributed by atoms with Gasteiger partial charge in [0.2, 0.25) is 0 Å². The van der Waals surface area contributed by atoms with Gasteiger partial charge < -0.3 is 10.6 Å². The maximum Gasteiger partial charge on any atom is 0.330 e. The fourth-order valence-electron chi connectivity index (χ4n) is 2.54. The maximum atomic E-state index is 12.0. The average Bonchev–Trinajstić information content (AvgIpc) is 2.39. The van der Waals surface area contributed by atoms with Gasteiger partial charge in [-0.2, -0.15) is 0 Å². The van der Waals surface area contributed by atoms with Crippen LogP contribution in [0.2, 0.25) is 0 Å². The molecule has 0 saturated carbocycles. The maximum absolute atomic E-state index is 12.0. The molecule has 1 aliphatic rings. The second-order valence-electron chi connectivity index (χ2n) is 5.05. The van der Waals surface area contributed by atoms with Gasteiger partial charge in [-0.05, 0) is 25.7 Å². The van der Waals surface area contributed by atoms with E-state index < -0.39 is 5.69 Å². The molecule has 2 rings (SSSR count). The number of H-pyrrole nitrogens is 1. The van der Waals surface area contributed by atoms with Crippen molar-refractivity contribution in [3.8, 4) is 0 Å². The highest BCUT2D eigenvalue weighted by atomic mass is 16.2. The number of piperidine rings is 1. The third-order valence-corrected chi connectivity index (χ3v) is 3.62. The number of aromatic nitrogens is 2. The molecule has 6 heteroatoms. The normalized spacial score (nSPS) is 15.7. The van der Waals surface area contributed by atoms with E-state index in [2.05, 4.69) is 11.9 Å². The fraction of sp³-hybridized carbons (Fsp3) is 0.692. The monoisotopic (exact) mass is 266 g/mol. The summed E-state index contributed by atoms with van der Waals surface area (Å²) >= 11 is 0. The molecule has 0 amide bonds. The summed E-state index contributed by atoms with van der Waals surface area (Å²) in [4.78, 5) is 28.2. The van der Waals surface area contributed by atoms with Crippen molar-refractivity contribution in [2.45, 2.75) is 45.6 Å². The van der Waals surface area contributed by atoms with Gasteiger partial charge in [-0.25, -0.2) is 4.79 Å². The number of nitrogens with one attached hydrogen (secondary N) is 1. The molecule has 106 valence electrons. The third-order valence-electron chi connectivity index (χ3n) is 3.62. The number of nitrogens with zero attached hydrogens (tertiary/aromatic N) is 2. The number of unbranched alkanes of at least 4 members (excludes halogenated alkanes) is 1. The van der Waals surface area contributed by atoms with Crippen molar-refractivity contribution in [3.63, 3.8) is 0 Å². The largest absolute Gasteiger partial charge is 0.383 e. The second-order valence-corrected chi connectivity index (χ2v) is 5.05. The number of aromatic amines is 1. The van der Waals surface area contributed by atoms with Crippen LogP contribution in [0.1, 0.15) is 39.0 Å². The van der Waals surface area contributed by atoms with Crippen molar-refractivity contribution in [3.05, 3.63) is 20.8 Å². The van der Waals surface area contributed by atoms with Crippen LogP contribution >= 0.6 is 0 Å². The number of anilines is 2. The van der Waals surface area contributed by atoms with Gasteiger partial charge >= 0.3 is 5.69 Å². The molecular weight excluding hydrogens is 244 g/mol. The lowest BCUT2D eigenvalue weighted by Gasteiger charge is -2.29. The lowest BCUT2D eigenvalue weighted by molar-refractivity contribution is 0.566. The number of hydrogen-bond donors (Lipinski definition) is 2. The number of rotatable bonds is 4. The Labute approximate surface area is 112 Å². The van der Waals surface area contributed by atoms with Crippen LogP contribution in [0.5, 0.6) is 0 Å². The molecule has 0 spiro atoms. The molecule has 0 unspecified atom stereocenters. The van der Waals surface area contributed by atoms with Gasteiger partial charge in [0.25, 0.3) is 5.56 Å².